The summed E-state index contributed by atoms with van der Waals surface area (Å²) in [6, 6.07) is 24.1. The van der Waals surface area contributed by atoms with E-state index in [-0.39, 0.29) is 0 Å². The van der Waals surface area contributed by atoms with E-state index in [1.54, 1.807) is 60.7 Å². The molecule has 0 fully saturated rings. The molecule has 1 heterocycles. The fourth-order valence-electron chi connectivity index (χ4n) is 4.10. The second kappa shape index (κ2) is 7.98. The van der Waals surface area contributed by atoms with E-state index in [0.717, 1.165) is 0 Å². The number of allylic oxidation sites excluding steroid dienone is 1. The Morgan fingerprint density at radius 2 is 1.30 bits per heavy atom. The van der Waals surface area contributed by atoms with Crippen LogP contribution in [0.2, 0.25) is 3.26 Å². The van der Waals surface area contributed by atoms with Gasteiger partial charge in [-0.2, -0.15) is 0 Å². The Morgan fingerprint density at radius 1 is 0.800 bits per heavy atom. The summed E-state index contributed by atoms with van der Waals surface area (Å²) in [6.45, 7) is -1.31. The topological polar surface area (TPSA) is 136 Å². The molecule has 2 atom stereocenters. The summed E-state index contributed by atoms with van der Waals surface area (Å²) in [5.41, 5.74) is -2.29. The molecule has 1 aliphatic rings. The van der Waals surface area contributed by atoms with Crippen molar-refractivity contribution >= 4 is 32.5 Å². The normalized spacial score (nSPS) is 21.8. The number of nitriles is 5. The predicted octanol–water partition coefficient (Wildman–Crippen LogP) is 1.82. The van der Waals surface area contributed by atoms with Crippen LogP contribution < -0.4 is 7.02 Å². The van der Waals surface area contributed by atoms with Gasteiger partial charge >= 0.3 is 179 Å². The fourth-order valence-corrected chi connectivity index (χ4v) is 14.7. The van der Waals surface area contributed by atoms with Gasteiger partial charge in [0.25, 0.3) is 0 Å². The number of rotatable bonds is 3. The molecule has 0 aliphatic carbocycles. The number of benzene rings is 2. The minimum atomic E-state index is -5.46. The molecule has 2 aromatic carbocycles. The van der Waals surface area contributed by atoms with E-state index in [9.17, 15) is 26.3 Å². The molecule has 0 bridgehead atoms. The van der Waals surface area contributed by atoms with Gasteiger partial charge in [-0.3, -0.25) is 0 Å². The van der Waals surface area contributed by atoms with Crippen LogP contribution in [0.3, 0.4) is 0 Å². The zero-order valence-corrected chi connectivity index (χ0v) is 18.2. The fraction of sp³-hybridized carbons (Fsp3) is 0.136. The van der Waals surface area contributed by atoms with Crippen molar-refractivity contribution in [3.05, 3.63) is 72.7 Å². The molecule has 0 saturated heterocycles. The van der Waals surface area contributed by atoms with Crippen LogP contribution in [-0.4, -0.2) is 25.5 Å². The number of nitrogens with zero attached hydrogens (tertiary/aromatic N) is 5. The van der Waals surface area contributed by atoms with E-state index in [2.05, 4.69) is 0 Å². The third-order valence-electron chi connectivity index (χ3n) is 5.55. The Kier molecular flexibility index (Phi) is 5.59. The summed E-state index contributed by atoms with van der Waals surface area (Å²) in [4.78, 5) is 0. The van der Waals surface area contributed by atoms with Gasteiger partial charge in [0, 0.05) is 0 Å². The van der Waals surface area contributed by atoms with E-state index in [1.165, 1.54) is 12.1 Å². The first-order chi connectivity index (χ1) is 14.5. The van der Waals surface area contributed by atoms with Crippen LogP contribution in [0.4, 0.5) is 0 Å². The average molecular weight is 496 g/mol. The van der Waals surface area contributed by atoms with Gasteiger partial charge in [0.05, 0.1) is 0 Å². The molecule has 0 amide bonds. The number of hydrogen-bond acceptors (Lipinski definition) is 6. The maximum absolute atomic E-state index is 15.2. The third kappa shape index (κ3) is 2.53. The second-order valence-electron chi connectivity index (χ2n) is 6.79. The molecule has 2 aromatic rings. The molecule has 0 radical (unpaired) electrons. The minimum absolute atomic E-state index is 0.325. The van der Waals surface area contributed by atoms with Gasteiger partial charge < -0.3 is 0 Å². The molecular weight excluding hydrogens is 483 g/mol. The Balaban J connectivity index is 2.60. The number of hydrogen-bond donors (Lipinski definition) is 0. The van der Waals surface area contributed by atoms with E-state index in [4.69, 9.17) is 0 Å². The van der Waals surface area contributed by atoms with Crippen molar-refractivity contribution in [3.63, 3.8) is 0 Å². The van der Waals surface area contributed by atoms with E-state index < -0.39 is 40.1 Å². The first kappa shape index (κ1) is 21.0. The Labute approximate surface area is 179 Å². The molecule has 0 spiro atoms. The van der Waals surface area contributed by atoms with Crippen LogP contribution in [-0.2, 0) is 3.02 Å². The average Bonchev–Trinajstić information content (AvgIpc) is 2.83. The molecule has 2 unspecified atom stereocenters. The van der Waals surface area contributed by atoms with Crippen molar-refractivity contribution in [2.75, 3.05) is 0 Å². The van der Waals surface area contributed by atoms with Crippen LogP contribution in [0, 0.1) is 67.9 Å². The molecule has 6 nitrogen and oxygen atoms in total. The first-order valence-electron chi connectivity index (χ1n) is 8.95. The zero-order chi connectivity index (χ0) is 21.8. The molecular formula is C22H13BN5OSb. The summed E-state index contributed by atoms with van der Waals surface area (Å²) in [7, 11) is 0. The van der Waals surface area contributed by atoms with Crippen LogP contribution in [0.5, 0.6) is 0 Å². The summed E-state index contributed by atoms with van der Waals surface area (Å²) in [5, 5.41) is 50.5. The van der Waals surface area contributed by atoms with Crippen LogP contribution in [0.1, 0.15) is 0 Å². The van der Waals surface area contributed by atoms with Gasteiger partial charge in [-0.15, -0.1) is 0 Å². The van der Waals surface area contributed by atoms with Gasteiger partial charge in [0.1, 0.15) is 0 Å². The summed E-state index contributed by atoms with van der Waals surface area (Å²) >= 11 is -5.46. The Bertz CT molecular complexity index is 1200. The molecule has 140 valence electrons. The van der Waals surface area contributed by atoms with Gasteiger partial charge in [-0.05, 0) is 0 Å². The summed E-state index contributed by atoms with van der Waals surface area (Å²) < 4.78 is 13.6. The van der Waals surface area contributed by atoms with Crippen molar-refractivity contribution in [1.82, 2.24) is 0 Å². The van der Waals surface area contributed by atoms with Crippen molar-refractivity contribution in [1.29, 1.82) is 26.3 Å². The predicted molar refractivity (Wildman–Crippen MR) is 110 cm³/mol. The third-order valence-corrected chi connectivity index (χ3v) is 16.3. The Morgan fingerprint density at radius 3 is 1.67 bits per heavy atom. The Hall–Kier alpha value is -3.69. The SMILES string of the molecule is N#CB1C=CC(C#N)C(C#N)(C#N)[C]1(C#N)[Sb](=[O])([c]1ccccc1)[c]1ccccc1. The molecule has 1 aliphatic heterocycles. The summed E-state index contributed by atoms with van der Waals surface area (Å²) in [5.74, 6) is 2.02. The summed E-state index contributed by atoms with van der Waals surface area (Å²) in [6.07, 6.45) is 1.30. The zero-order valence-electron chi connectivity index (χ0n) is 15.7. The standard InChI is InChI=1S/C10H3BN5.2C6H5.O.Sb/c12-3-8-1-2-11(7-16)9(4-13)10(8,5-14)6-15;2*1-2-4-6-5-3-1;;/h1-2,8H;2*1-5H;;. The van der Waals surface area contributed by atoms with Crippen molar-refractivity contribution in [3.8, 4) is 30.2 Å². The van der Waals surface area contributed by atoms with Gasteiger partial charge in [-0.1, -0.05) is 0 Å². The van der Waals surface area contributed by atoms with Gasteiger partial charge in [0.2, 0.25) is 0 Å². The van der Waals surface area contributed by atoms with Crippen molar-refractivity contribution < 1.29 is 3.02 Å². The maximum atomic E-state index is 15.2. The van der Waals surface area contributed by atoms with Crippen molar-refractivity contribution in [2.45, 2.75) is 3.26 Å². The molecule has 0 aromatic heterocycles. The molecule has 0 saturated carbocycles. The second-order valence-corrected chi connectivity index (χ2v) is 15.2. The van der Waals surface area contributed by atoms with E-state index in [1.807, 2.05) is 30.2 Å². The van der Waals surface area contributed by atoms with Gasteiger partial charge in [0.15, 0.2) is 0 Å². The monoisotopic (exact) mass is 495 g/mol. The molecule has 8 heteroatoms. The van der Waals surface area contributed by atoms with E-state index >= 15 is 3.02 Å². The van der Waals surface area contributed by atoms with Crippen molar-refractivity contribution in [2.24, 2.45) is 11.3 Å². The first-order valence-corrected chi connectivity index (χ1v) is 13.8. The van der Waals surface area contributed by atoms with Gasteiger partial charge in [-0.25, -0.2) is 0 Å². The van der Waals surface area contributed by atoms with E-state index in [0.29, 0.717) is 7.02 Å². The molecule has 0 N–H and O–H groups in total. The van der Waals surface area contributed by atoms with Crippen LogP contribution in [0.25, 0.3) is 0 Å². The molecule has 30 heavy (non-hydrogen) atoms. The van der Waals surface area contributed by atoms with Crippen LogP contribution >= 0.6 is 0 Å². The van der Waals surface area contributed by atoms with Crippen LogP contribution in [0.15, 0.2) is 72.7 Å². The quantitative estimate of drug-likeness (QED) is 0.596. The molecule has 3 rings (SSSR count).